The Morgan fingerprint density at radius 1 is 1.20 bits per heavy atom. The molecule has 1 aromatic heterocycles. The summed E-state index contributed by atoms with van der Waals surface area (Å²) in [6, 6.07) is 10.2. The first-order chi connectivity index (χ1) is 7.45. The Morgan fingerprint density at radius 2 is 2.07 bits per heavy atom. The zero-order valence-corrected chi connectivity index (χ0v) is 8.39. The fourth-order valence-corrected chi connectivity index (χ4v) is 1.88. The average Bonchev–Trinajstić information content (AvgIpc) is 2.74. The molecule has 1 aliphatic heterocycles. The van der Waals surface area contributed by atoms with Gasteiger partial charge in [0.05, 0.1) is 18.4 Å². The Balaban J connectivity index is 2.09. The van der Waals surface area contributed by atoms with Crippen molar-refractivity contribution in [3.8, 4) is 17.0 Å². The quantitative estimate of drug-likeness (QED) is 0.706. The van der Waals surface area contributed by atoms with Crippen LogP contribution in [0.1, 0.15) is 6.42 Å². The number of rotatable bonds is 1. The molecule has 0 amide bonds. The summed E-state index contributed by atoms with van der Waals surface area (Å²) in [6.45, 7) is 1.76. The highest BCUT2D eigenvalue weighted by atomic mass is 16.5. The highest BCUT2D eigenvalue weighted by Gasteiger charge is 2.16. The molecule has 1 aliphatic rings. The topological polar surface area (TPSA) is 27.1 Å². The van der Waals surface area contributed by atoms with E-state index in [1.54, 1.807) is 0 Å². The van der Waals surface area contributed by atoms with Crippen LogP contribution in [0.15, 0.2) is 36.5 Å². The number of ether oxygens (including phenoxy) is 1. The first kappa shape index (κ1) is 8.53. The number of aryl methyl sites for hydroxylation is 1. The van der Waals surface area contributed by atoms with Gasteiger partial charge in [-0.3, -0.25) is 0 Å². The lowest BCUT2D eigenvalue weighted by molar-refractivity contribution is 0.231. The molecule has 3 rings (SSSR count). The number of hydrogen-bond acceptors (Lipinski definition) is 2. The van der Waals surface area contributed by atoms with E-state index in [9.17, 15) is 0 Å². The smallest absolute Gasteiger partial charge is 0.219 e. The predicted molar refractivity (Wildman–Crippen MR) is 57.8 cm³/mol. The molecule has 76 valence electrons. The van der Waals surface area contributed by atoms with E-state index in [0.717, 1.165) is 31.0 Å². The summed E-state index contributed by atoms with van der Waals surface area (Å²) >= 11 is 0. The minimum absolute atomic E-state index is 0.797. The normalized spacial score (nSPS) is 14.4. The van der Waals surface area contributed by atoms with E-state index < -0.39 is 0 Å². The Hall–Kier alpha value is -1.77. The van der Waals surface area contributed by atoms with Crippen molar-refractivity contribution in [1.29, 1.82) is 0 Å². The molecule has 0 aliphatic carbocycles. The van der Waals surface area contributed by atoms with Gasteiger partial charge in [0.15, 0.2) is 0 Å². The van der Waals surface area contributed by atoms with Crippen molar-refractivity contribution in [2.45, 2.75) is 13.0 Å². The van der Waals surface area contributed by atoms with E-state index in [1.807, 2.05) is 29.1 Å². The Labute approximate surface area is 88.3 Å². The number of hydrogen-bond donors (Lipinski definition) is 0. The second kappa shape index (κ2) is 3.42. The van der Waals surface area contributed by atoms with Crippen molar-refractivity contribution in [3.05, 3.63) is 36.5 Å². The van der Waals surface area contributed by atoms with Gasteiger partial charge >= 0.3 is 0 Å². The molecule has 0 radical (unpaired) electrons. The maximum absolute atomic E-state index is 5.65. The molecule has 0 unspecified atom stereocenters. The van der Waals surface area contributed by atoms with E-state index in [1.165, 1.54) is 5.56 Å². The lowest BCUT2D eigenvalue weighted by atomic mass is 10.1. The largest absolute Gasteiger partial charge is 0.477 e. The van der Waals surface area contributed by atoms with Gasteiger partial charge in [-0.05, 0) is 5.56 Å². The lowest BCUT2D eigenvalue weighted by Crippen LogP contribution is -2.14. The van der Waals surface area contributed by atoms with E-state index in [2.05, 4.69) is 17.2 Å². The van der Waals surface area contributed by atoms with Gasteiger partial charge < -0.3 is 4.74 Å². The van der Waals surface area contributed by atoms with Crippen molar-refractivity contribution >= 4 is 0 Å². The molecule has 0 fully saturated rings. The monoisotopic (exact) mass is 200 g/mol. The third-order valence-electron chi connectivity index (χ3n) is 2.63. The van der Waals surface area contributed by atoms with E-state index in [4.69, 9.17) is 4.74 Å². The third-order valence-corrected chi connectivity index (χ3v) is 2.63. The summed E-state index contributed by atoms with van der Waals surface area (Å²) in [5.74, 6) is 0.910. The van der Waals surface area contributed by atoms with Crippen LogP contribution in [0.25, 0.3) is 11.1 Å². The van der Waals surface area contributed by atoms with Crippen LogP contribution in [0.3, 0.4) is 0 Å². The fourth-order valence-electron chi connectivity index (χ4n) is 1.88. The molecule has 0 N–H and O–H groups in total. The summed E-state index contributed by atoms with van der Waals surface area (Å²) in [4.78, 5) is 0. The van der Waals surface area contributed by atoms with Crippen LogP contribution in [0, 0.1) is 0 Å². The highest BCUT2D eigenvalue weighted by molar-refractivity contribution is 5.68. The highest BCUT2D eigenvalue weighted by Crippen LogP contribution is 2.31. The summed E-state index contributed by atoms with van der Waals surface area (Å²) in [6.07, 6.45) is 2.93. The summed E-state index contributed by atoms with van der Waals surface area (Å²) in [7, 11) is 0. The summed E-state index contributed by atoms with van der Waals surface area (Å²) in [5.41, 5.74) is 2.26. The van der Waals surface area contributed by atoms with Gasteiger partial charge in [-0.15, -0.1) is 0 Å². The summed E-state index contributed by atoms with van der Waals surface area (Å²) < 4.78 is 7.59. The molecular formula is C12H12N2O. The molecule has 15 heavy (non-hydrogen) atoms. The summed E-state index contributed by atoms with van der Waals surface area (Å²) in [5, 5.41) is 4.32. The minimum atomic E-state index is 0.797. The standard InChI is InChI=1S/C12H12N2O/c1-2-5-10(6-3-1)11-9-13-14-7-4-8-15-12(11)14/h1-3,5-6,9H,4,7-8H2. The molecule has 3 heteroatoms. The first-order valence-electron chi connectivity index (χ1n) is 5.19. The zero-order chi connectivity index (χ0) is 10.1. The van der Waals surface area contributed by atoms with Gasteiger partial charge in [-0.25, -0.2) is 4.68 Å². The molecule has 0 atom stereocenters. The van der Waals surface area contributed by atoms with Gasteiger partial charge in [0.25, 0.3) is 0 Å². The maximum atomic E-state index is 5.65. The SMILES string of the molecule is c1ccc(-c2cnn3c2OCCC3)cc1. The van der Waals surface area contributed by atoms with Gasteiger partial charge in [0.1, 0.15) is 0 Å². The van der Waals surface area contributed by atoms with Crippen molar-refractivity contribution in [2.75, 3.05) is 6.61 Å². The van der Waals surface area contributed by atoms with E-state index >= 15 is 0 Å². The molecule has 0 saturated carbocycles. The second-order valence-corrected chi connectivity index (χ2v) is 3.65. The van der Waals surface area contributed by atoms with Crippen LogP contribution in [0.4, 0.5) is 0 Å². The maximum Gasteiger partial charge on any atom is 0.219 e. The molecule has 2 heterocycles. The Morgan fingerprint density at radius 3 is 2.93 bits per heavy atom. The number of benzene rings is 1. The molecular weight excluding hydrogens is 188 g/mol. The van der Waals surface area contributed by atoms with Crippen molar-refractivity contribution in [3.63, 3.8) is 0 Å². The van der Waals surface area contributed by atoms with Gasteiger partial charge in [0.2, 0.25) is 5.88 Å². The zero-order valence-electron chi connectivity index (χ0n) is 8.39. The van der Waals surface area contributed by atoms with Crippen LogP contribution < -0.4 is 4.74 Å². The molecule has 1 aromatic carbocycles. The van der Waals surface area contributed by atoms with Gasteiger partial charge in [0, 0.05) is 13.0 Å². The third kappa shape index (κ3) is 1.40. The number of fused-ring (bicyclic) bond motifs is 1. The Bertz CT molecular complexity index is 462. The number of aromatic nitrogens is 2. The molecule has 0 spiro atoms. The molecule has 0 bridgehead atoms. The van der Waals surface area contributed by atoms with Crippen LogP contribution in [0.5, 0.6) is 5.88 Å². The van der Waals surface area contributed by atoms with Crippen LogP contribution in [-0.2, 0) is 6.54 Å². The molecule has 2 aromatic rings. The minimum Gasteiger partial charge on any atom is -0.477 e. The molecule has 3 nitrogen and oxygen atoms in total. The van der Waals surface area contributed by atoms with E-state index in [-0.39, 0.29) is 0 Å². The van der Waals surface area contributed by atoms with Gasteiger partial charge in [-0.1, -0.05) is 30.3 Å². The van der Waals surface area contributed by atoms with E-state index in [0.29, 0.717) is 0 Å². The van der Waals surface area contributed by atoms with Crippen LogP contribution in [0.2, 0.25) is 0 Å². The van der Waals surface area contributed by atoms with Crippen molar-refractivity contribution in [1.82, 2.24) is 9.78 Å². The fraction of sp³-hybridized carbons (Fsp3) is 0.250. The number of nitrogens with zero attached hydrogens (tertiary/aromatic N) is 2. The first-order valence-corrected chi connectivity index (χ1v) is 5.19. The van der Waals surface area contributed by atoms with Crippen molar-refractivity contribution in [2.24, 2.45) is 0 Å². The van der Waals surface area contributed by atoms with Crippen molar-refractivity contribution < 1.29 is 4.74 Å². The van der Waals surface area contributed by atoms with Gasteiger partial charge in [-0.2, -0.15) is 5.10 Å². The lowest BCUT2D eigenvalue weighted by Gasteiger charge is -2.16. The average molecular weight is 200 g/mol. The Kier molecular flexibility index (Phi) is 1.95. The second-order valence-electron chi connectivity index (χ2n) is 3.65. The van der Waals surface area contributed by atoms with Crippen LogP contribution >= 0.6 is 0 Å². The predicted octanol–water partition coefficient (Wildman–Crippen LogP) is 2.33. The van der Waals surface area contributed by atoms with Crippen LogP contribution in [-0.4, -0.2) is 16.4 Å². The molecule has 0 saturated heterocycles.